The second-order valence-electron chi connectivity index (χ2n) is 5.81. The number of ketones is 1. The molecule has 0 rings (SSSR count). The molecule has 0 aliphatic rings. The van der Waals surface area contributed by atoms with Crippen LogP contribution in [0.4, 0.5) is 0 Å². The summed E-state index contributed by atoms with van der Waals surface area (Å²) in [6.45, 7) is 9.03. The van der Waals surface area contributed by atoms with Gasteiger partial charge in [0.25, 0.3) is 0 Å². The Labute approximate surface area is 115 Å². The van der Waals surface area contributed by atoms with Gasteiger partial charge in [0.05, 0.1) is 0 Å². The first-order valence-electron chi connectivity index (χ1n) is 8.15. The molecule has 18 heavy (non-hydrogen) atoms. The van der Waals surface area contributed by atoms with Crippen molar-refractivity contribution in [1.82, 2.24) is 0 Å². The maximum Gasteiger partial charge on any atom is 0.132 e. The van der Waals surface area contributed by atoms with Gasteiger partial charge in [0.15, 0.2) is 0 Å². The summed E-state index contributed by atoms with van der Waals surface area (Å²) in [5.74, 6) is 0.492. The molecule has 1 nitrogen and oxygen atoms in total. The summed E-state index contributed by atoms with van der Waals surface area (Å²) in [7, 11) is 0. The zero-order chi connectivity index (χ0) is 13.9. The number of carbonyl (C=O) groups excluding carboxylic acids is 1. The first kappa shape index (κ1) is 17.7. The van der Waals surface area contributed by atoms with Crippen LogP contribution in [0.2, 0.25) is 0 Å². The predicted molar refractivity (Wildman–Crippen MR) is 80.9 cm³/mol. The number of carbonyl (C=O) groups is 1. The Morgan fingerprint density at radius 3 is 1.89 bits per heavy atom. The van der Waals surface area contributed by atoms with Crippen molar-refractivity contribution in [3.05, 3.63) is 0 Å². The summed E-state index contributed by atoms with van der Waals surface area (Å²) in [5.41, 5.74) is 0.441. The standard InChI is InChI=1S/C17H34O/c1-5-9-11-12-16(18)13-15-17(7-3,8-4)14-10-6-2/h5-15H2,1-4H3. The van der Waals surface area contributed by atoms with Crippen LogP contribution < -0.4 is 0 Å². The van der Waals surface area contributed by atoms with Crippen molar-refractivity contribution in [2.75, 3.05) is 0 Å². The van der Waals surface area contributed by atoms with Gasteiger partial charge in [-0.3, -0.25) is 4.79 Å². The second kappa shape index (κ2) is 10.6. The number of Topliss-reactive ketones (excluding diaryl/α,β-unsaturated/α-hetero) is 1. The topological polar surface area (TPSA) is 17.1 Å². The molecular formula is C17H34O. The first-order valence-corrected chi connectivity index (χ1v) is 8.15. The van der Waals surface area contributed by atoms with Crippen LogP contribution in [0.5, 0.6) is 0 Å². The molecule has 0 spiro atoms. The Kier molecular flexibility index (Phi) is 10.4. The Balaban J connectivity index is 4.05. The summed E-state index contributed by atoms with van der Waals surface area (Å²) < 4.78 is 0. The number of hydrogen-bond acceptors (Lipinski definition) is 1. The molecule has 108 valence electrons. The van der Waals surface area contributed by atoms with Gasteiger partial charge in [0.1, 0.15) is 5.78 Å². The van der Waals surface area contributed by atoms with E-state index in [1.807, 2.05) is 0 Å². The molecule has 0 unspecified atom stereocenters. The van der Waals surface area contributed by atoms with Crippen molar-refractivity contribution in [2.24, 2.45) is 5.41 Å². The van der Waals surface area contributed by atoms with Crippen LogP contribution >= 0.6 is 0 Å². The molecule has 0 aromatic carbocycles. The molecule has 0 saturated carbocycles. The average Bonchev–Trinajstić information content (AvgIpc) is 2.40. The summed E-state index contributed by atoms with van der Waals surface area (Å²) >= 11 is 0. The molecule has 0 fully saturated rings. The van der Waals surface area contributed by atoms with Crippen molar-refractivity contribution in [3.8, 4) is 0 Å². The molecule has 0 aromatic rings. The lowest BCUT2D eigenvalue weighted by molar-refractivity contribution is -0.119. The summed E-state index contributed by atoms with van der Waals surface area (Å²) in [6, 6.07) is 0. The van der Waals surface area contributed by atoms with Gasteiger partial charge in [-0.2, -0.15) is 0 Å². The van der Waals surface area contributed by atoms with Gasteiger partial charge in [-0.15, -0.1) is 0 Å². The summed E-state index contributed by atoms with van der Waals surface area (Å²) in [4.78, 5) is 11.9. The lowest BCUT2D eigenvalue weighted by Crippen LogP contribution is -2.20. The summed E-state index contributed by atoms with van der Waals surface area (Å²) in [6.07, 6.45) is 12.6. The van der Waals surface area contributed by atoms with Crippen LogP contribution in [0.1, 0.15) is 98.3 Å². The highest BCUT2D eigenvalue weighted by Crippen LogP contribution is 2.37. The van der Waals surface area contributed by atoms with Gasteiger partial charge >= 0.3 is 0 Å². The van der Waals surface area contributed by atoms with E-state index in [-0.39, 0.29) is 0 Å². The molecule has 0 aliphatic carbocycles. The second-order valence-corrected chi connectivity index (χ2v) is 5.81. The molecule has 0 heterocycles. The fourth-order valence-electron chi connectivity index (χ4n) is 2.74. The van der Waals surface area contributed by atoms with Crippen LogP contribution in [-0.2, 0) is 4.79 Å². The van der Waals surface area contributed by atoms with Gasteiger partial charge in [0, 0.05) is 12.8 Å². The monoisotopic (exact) mass is 254 g/mol. The SMILES string of the molecule is CCCCCC(=O)CCC(CC)(CC)CCCC. The van der Waals surface area contributed by atoms with Gasteiger partial charge in [-0.1, -0.05) is 66.2 Å². The molecule has 0 radical (unpaired) electrons. The van der Waals surface area contributed by atoms with Gasteiger partial charge in [-0.25, -0.2) is 0 Å². The number of hydrogen-bond donors (Lipinski definition) is 0. The van der Waals surface area contributed by atoms with E-state index in [4.69, 9.17) is 0 Å². The Morgan fingerprint density at radius 2 is 1.39 bits per heavy atom. The van der Waals surface area contributed by atoms with Gasteiger partial charge in [0.2, 0.25) is 0 Å². The third-order valence-electron chi connectivity index (χ3n) is 4.55. The fourth-order valence-corrected chi connectivity index (χ4v) is 2.74. The summed E-state index contributed by atoms with van der Waals surface area (Å²) in [5, 5.41) is 0. The quantitative estimate of drug-likeness (QED) is 0.395. The van der Waals surface area contributed by atoms with Crippen molar-refractivity contribution in [1.29, 1.82) is 0 Å². The van der Waals surface area contributed by atoms with E-state index in [9.17, 15) is 4.79 Å². The average molecular weight is 254 g/mol. The highest BCUT2D eigenvalue weighted by molar-refractivity contribution is 5.78. The predicted octanol–water partition coefficient (Wildman–Crippen LogP) is 5.91. The maximum absolute atomic E-state index is 11.9. The third-order valence-corrected chi connectivity index (χ3v) is 4.55. The minimum absolute atomic E-state index is 0.441. The molecule has 0 aliphatic heterocycles. The molecule has 0 N–H and O–H groups in total. The van der Waals surface area contributed by atoms with Crippen LogP contribution in [0.25, 0.3) is 0 Å². The first-order chi connectivity index (χ1) is 8.64. The van der Waals surface area contributed by atoms with E-state index in [0.29, 0.717) is 11.2 Å². The zero-order valence-electron chi connectivity index (χ0n) is 13.2. The van der Waals surface area contributed by atoms with E-state index in [2.05, 4.69) is 27.7 Å². The molecule has 0 saturated heterocycles. The fraction of sp³-hybridized carbons (Fsp3) is 0.941. The smallest absolute Gasteiger partial charge is 0.132 e. The normalized spacial score (nSPS) is 11.8. The van der Waals surface area contributed by atoms with E-state index in [1.54, 1.807) is 0 Å². The van der Waals surface area contributed by atoms with Crippen molar-refractivity contribution in [3.63, 3.8) is 0 Å². The van der Waals surface area contributed by atoms with Crippen LogP contribution in [-0.4, -0.2) is 5.78 Å². The van der Waals surface area contributed by atoms with Crippen LogP contribution in [0.3, 0.4) is 0 Å². The third kappa shape index (κ3) is 7.18. The molecule has 0 bridgehead atoms. The van der Waals surface area contributed by atoms with Gasteiger partial charge < -0.3 is 0 Å². The largest absolute Gasteiger partial charge is 0.300 e. The van der Waals surface area contributed by atoms with Crippen molar-refractivity contribution in [2.45, 2.75) is 98.3 Å². The minimum Gasteiger partial charge on any atom is -0.300 e. The number of rotatable bonds is 12. The number of unbranched alkanes of at least 4 members (excludes halogenated alkanes) is 3. The lowest BCUT2D eigenvalue weighted by atomic mass is 9.74. The van der Waals surface area contributed by atoms with E-state index >= 15 is 0 Å². The molecule has 0 atom stereocenters. The molecule has 0 amide bonds. The molecule has 0 aromatic heterocycles. The zero-order valence-corrected chi connectivity index (χ0v) is 13.2. The molecular weight excluding hydrogens is 220 g/mol. The lowest BCUT2D eigenvalue weighted by Gasteiger charge is -2.31. The Morgan fingerprint density at radius 1 is 0.778 bits per heavy atom. The van der Waals surface area contributed by atoms with E-state index in [0.717, 1.165) is 25.7 Å². The minimum atomic E-state index is 0.441. The Hall–Kier alpha value is -0.330. The van der Waals surface area contributed by atoms with E-state index < -0.39 is 0 Å². The highest BCUT2D eigenvalue weighted by Gasteiger charge is 2.25. The van der Waals surface area contributed by atoms with Crippen molar-refractivity contribution >= 4 is 5.78 Å². The maximum atomic E-state index is 11.9. The van der Waals surface area contributed by atoms with Gasteiger partial charge in [-0.05, 0) is 24.7 Å². The molecule has 1 heteroatoms. The Bertz CT molecular complexity index is 204. The highest BCUT2D eigenvalue weighted by atomic mass is 16.1. The van der Waals surface area contributed by atoms with Crippen LogP contribution in [0.15, 0.2) is 0 Å². The van der Waals surface area contributed by atoms with E-state index in [1.165, 1.54) is 44.9 Å². The van der Waals surface area contributed by atoms with Crippen molar-refractivity contribution < 1.29 is 4.79 Å². The van der Waals surface area contributed by atoms with Crippen LogP contribution in [0, 0.1) is 5.41 Å².